The minimum Gasteiger partial charge on any atom is -0.456 e. The van der Waals surface area contributed by atoms with Crippen LogP contribution in [0.2, 0.25) is 0 Å². The number of amides is 2. The number of hydrogen-bond donors (Lipinski definition) is 2. The average molecular weight is 327 g/mol. The quantitative estimate of drug-likeness (QED) is 0.882. The average Bonchev–Trinajstić information content (AvgIpc) is 3.18. The number of aryl methyl sites for hydroxylation is 1. The number of nitrogens with zero attached hydrogens (tertiary/aromatic N) is 1. The minimum absolute atomic E-state index is 0.235. The molecule has 126 valence electrons. The smallest absolute Gasteiger partial charge is 0.291 e. The third-order valence-electron chi connectivity index (χ3n) is 4.30. The Bertz CT molecular complexity index is 753. The van der Waals surface area contributed by atoms with Crippen molar-refractivity contribution in [2.75, 3.05) is 11.9 Å². The van der Waals surface area contributed by atoms with Crippen LogP contribution >= 0.6 is 0 Å². The van der Waals surface area contributed by atoms with Crippen molar-refractivity contribution in [3.63, 3.8) is 0 Å². The number of rotatable bonds is 5. The summed E-state index contributed by atoms with van der Waals surface area (Å²) in [7, 11) is 0. The molecule has 0 bridgehead atoms. The highest BCUT2D eigenvalue weighted by Crippen LogP contribution is 2.24. The molecule has 0 saturated carbocycles. The van der Waals surface area contributed by atoms with Crippen molar-refractivity contribution in [2.45, 2.75) is 32.4 Å². The van der Waals surface area contributed by atoms with E-state index in [9.17, 15) is 9.59 Å². The minimum atomic E-state index is -0.292. The second-order valence-corrected chi connectivity index (χ2v) is 6.05. The van der Waals surface area contributed by atoms with Gasteiger partial charge in [-0.1, -0.05) is 18.2 Å². The highest BCUT2D eigenvalue weighted by Gasteiger charge is 2.29. The van der Waals surface area contributed by atoms with E-state index >= 15 is 0 Å². The first-order valence-electron chi connectivity index (χ1n) is 8.03. The fourth-order valence-corrected chi connectivity index (χ4v) is 3.08. The Kier molecular flexibility index (Phi) is 4.66. The lowest BCUT2D eigenvalue weighted by Crippen LogP contribution is -2.39. The first-order chi connectivity index (χ1) is 11.5. The van der Waals surface area contributed by atoms with E-state index in [0.29, 0.717) is 18.0 Å². The first kappa shape index (κ1) is 16.3. The van der Waals surface area contributed by atoms with E-state index in [-0.39, 0.29) is 23.6 Å². The van der Waals surface area contributed by atoms with Gasteiger partial charge in [-0.05, 0) is 50.1 Å². The topological polar surface area (TPSA) is 88.6 Å². The summed E-state index contributed by atoms with van der Waals surface area (Å²) in [5.41, 5.74) is 7.14. The van der Waals surface area contributed by atoms with Gasteiger partial charge in [0, 0.05) is 12.2 Å². The molecule has 2 heterocycles. The molecule has 6 nitrogen and oxygen atoms in total. The maximum atomic E-state index is 12.3. The van der Waals surface area contributed by atoms with Gasteiger partial charge in [0.25, 0.3) is 5.91 Å². The number of benzene rings is 1. The SMILES string of the molecule is Cc1ccc(C(=O)Nc2ccccc2CN2CCC[C@@H]2C(N)=O)o1. The van der Waals surface area contributed by atoms with Crippen LogP contribution in [0.1, 0.15) is 34.7 Å². The highest BCUT2D eigenvalue weighted by atomic mass is 16.3. The molecule has 2 amide bonds. The van der Waals surface area contributed by atoms with Crippen LogP contribution in [0, 0.1) is 6.92 Å². The van der Waals surface area contributed by atoms with Crippen molar-refractivity contribution in [3.05, 3.63) is 53.5 Å². The molecule has 0 radical (unpaired) electrons. The van der Waals surface area contributed by atoms with Gasteiger partial charge in [0.15, 0.2) is 5.76 Å². The summed E-state index contributed by atoms with van der Waals surface area (Å²) in [6, 6.07) is 10.7. The second kappa shape index (κ2) is 6.88. The lowest BCUT2D eigenvalue weighted by molar-refractivity contribution is -0.122. The third kappa shape index (κ3) is 3.49. The Morgan fingerprint density at radius 2 is 2.08 bits per heavy atom. The van der Waals surface area contributed by atoms with E-state index in [1.807, 2.05) is 24.3 Å². The number of likely N-dealkylation sites (tertiary alicyclic amines) is 1. The van der Waals surface area contributed by atoms with Crippen molar-refractivity contribution in [1.29, 1.82) is 0 Å². The van der Waals surface area contributed by atoms with Crippen LogP contribution in [0.15, 0.2) is 40.8 Å². The van der Waals surface area contributed by atoms with Gasteiger partial charge >= 0.3 is 0 Å². The molecule has 3 rings (SSSR count). The summed E-state index contributed by atoms with van der Waals surface area (Å²) in [6.07, 6.45) is 1.74. The van der Waals surface area contributed by atoms with Crippen LogP contribution in [0.25, 0.3) is 0 Å². The van der Waals surface area contributed by atoms with Gasteiger partial charge in [-0.15, -0.1) is 0 Å². The van der Waals surface area contributed by atoms with Gasteiger partial charge in [-0.2, -0.15) is 0 Å². The van der Waals surface area contributed by atoms with E-state index in [0.717, 1.165) is 24.9 Å². The molecule has 24 heavy (non-hydrogen) atoms. The van der Waals surface area contributed by atoms with Crippen molar-refractivity contribution in [3.8, 4) is 0 Å². The maximum Gasteiger partial charge on any atom is 0.291 e. The number of para-hydroxylation sites is 1. The maximum absolute atomic E-state index is 12.3. The molecular weight excluding hydrogens is 306 g/mol. The molecular formula is C18H21N3O3. The Balaban J connectivity index is 1.75. The van der Waals surface area contributed by atoms with Crippen molar-refractivity contribution in [2.24, 2.45) is 5.73 Å². The number of anilines is 1. The fraction of sp³-hybridized carbons (Fsp3) is 0.333. The van der Waals surface area contributed by atoms with Crippen LogP contribution < -0.4 is 11.1 Å². The van der Waals surface area contributed by atoms with Crippen molar-refractivity contribution in [1.82, 2.24) is 4.90 Å². The molecule has 1 aromatic heterocycles. The van der Waals surface area contributed by atoms with Crippen molar-refractivity contribution < 1.29 is 14.0 Å². The molecule has 1 aliphatic heterocycles. The van der Waals surface area contributed by atoms with E-state index in [1.54, 1.807) is 19.1 Å². The number of nitrogens with one attached hydrogen (secondary N) is 1. The van der Waals surface area contributed by atoms with Gasteiger partial charge in [-0.25, -0.2) is 0 Å². The Morgan fingerprint density at radius 1 is 1.29 bits per heavy atom. The lowest BCUT2D eigenvalue weighted by Gasteiger charge is -2.23. The zero-order chi connectivity index (χ0) is 17.1. The molecule has 1 saturated heterocycles. The molecule has 0 spiro atoms. The van der Waals surface area contributed by atoms with E-state index < -0.39 is 0 Å². The van der Waals surface area contributed by atoms with Crippen LogP contribution in [-0.4, -0.2) is 29.3 Å². The van der Waals surface area contributed by atoms with E-state index in [2.05, 4.69) is 10.2 Å². The molecule has 3 N–H and O–H groups in total. The van der Waals surface area contributed by atoms with E-state index in [1.165, 1.54) is 0 Å². The molecule has 1 atom stereocenters. The fourth-order valence-electron chi connectivity index (χ4n) is 3.08. The van der Waals surface area contributed by atoms with Crippen LogP contribution in [0.4, 0.5) is 5.69 Å². The standard InChI is InChI=1S/C18H21N3O3/c1-12-8-9-16(24-12)18(23)20-14-6-3-2-5-13(14)11-21-10-4-7-15(21)17(19)22/h2-3,5-6,8-9,15H,4,7,10-11H2,1H3,(H2,19,22)(H,20,23)/t15-/m1/s1. The molecule has 6 heteroatoms. The molecule has 1 aliphatic rings. The summed E-state index contributed by atoms with van der Waals surface area (Å²) < 4.78 is 5.36. The zero-order valence-corrected chi connectivity index (χ0v) is 13.6. The van der Waals surface area contributed by atoms with Crippen LogP contribution in [-0.2, 0) is 11.3 Å². The molecule has 1 fully saturated rings. The summed E-state index contributed by atoms with van der Waals surface area (Å²) in [5, 5.41) is 2.88. The van der Waals surface area contributed by atoms with Gasteiger partial charge < -0.3 is 15.5 Å². The van der Waals surface area contributed by atoms with Gasteiger partial charge in [0.1, 0.15) is 5.76 Å². The number of nitrogens with two attached hydrogens (primary N) is 1. The van der Waals surface area contributed by atoms with Gasteiger partial charge in [0.2, 0.25) is 5.91 Å². The first-order valence-corrected chi connectivity index (χ1v) is 8.03. The largest absolute Gasteiger partial charge is 0.456 e. The van der Waals surface area contributed by atoms with E-state index in [4.69, 9.17) is 10.2 Å². The van der Waals surface area contributed by atoms with Gasteiger partial charge in [-0.3, -0.25) is 14.5 Å². The van der Waals surface area contributed by atoms with Crippen LogP contribution in [0.3, 0.4) is 0 Å². The highest BCUT2D eigenvalue weighted by molar-refractivity contribution is 6.02. The number of hydrogen-bond acceptors (Lipinski definition) is 4. The summed E-state index contributed by atoms with van der Waals surface area (Å²) in [4.78, 5) is 25.9. The molecule has 0 unspecified atom stereocenters. The molecule has 0 aliphatic carbocycles. The zero-order valence-electron chi connectivity index (χ0n) is 13.6. The Morgan fingerprint density at radius 3 is 2.79 bits per heavy atom. The predicted molar refractivity (Wildman–Crippen MR) is 90.5 cm³/mol. The number of carbonyl (C=O) groups is 2. The number of furan rings is 1. The Labute approximate surface area is 140 Å². The number of primary amides is 1. The Hall–Kier alpha value is -2.60. The van der Waals surface area contributed by atoms with Crippen molar-refractivity contribution >= 4 is 17.5 Å². The monoisotopic (exact) mass is 327 g/mol. The van der Waals surface area contributed by atoms with Crippen LogP contribution in [0.5, 0.6) is 0 Å². The summed E-state index contributed by atoms with van der Waals surface area (Å²) in [5.74, 6) is 0.386. The molecule has 2 aromatic rings. The normalized spacial score (nSPS) is 17.8. The predicted octanol–water partition coefficient (Wildman–Crippen LogP) is 2.29. The third-order valence-corrected chi connectivity index (χ3v) is 4.30. The molecule has 1 aromatic carbocycles. The van der Waals surface area contributed by atoms with Gasteiger partial charge in [0.05, 0.1) is 6.04 Å². The second-order valence-electron chi connectivity index (χ2n) is 6.05. The summed E-state index contributed by atoms with van der Waals surface area (Å²) in [6.45, 7) is 3.19. The number of carbonyl (C=O) groups excluding carboxylic acids is 2. The lowest BCUT2D eigenvalue weighted by atomic mass is 10.1. The summed E-state index contributed by atoms with van der Waals surface area (Å²) >= 11 is 0.